The number of fused-ring (bicyclic) bond motifs is 1. The molecule has 3 aromatic heterocycles. The number of benzene rings is 1. The van der Waals surface area contributed by atoms with Crippen LogP contribution in [0, 0.1) is 0 Å². The summed E-state index contributed by atoms with van der Waals surface area (Å²) >= 11 is 1.03. The molecule has 0 aliphatic carbocycles. The van der Waals surface area contributed by atoms with Crippen molar-refractivity contribution in [2.75, 3.05) is 30.7 Å². The second-order valence-corrected chi connectivity index (χ2v) is 12.8. The van der Waals surface area contributed by atoms with E-state index in [1.54, 1.807) is 12.1 Å². The first-order chi connectivity index (χ1) is 22.4. The Kier molecular flexibility index (Phi) is 8.59. The first-order valence-corrected chi connectivity index (χ1v) is 16.1. The van der Waals surface area contributed by atoms with Gasteiger partial charge in [0.2, 0.25) is 11.9 Å². The normalized spacial score (nSPS) is 18.7. The average Bonchev–Trinajstić information content (AvgIpc) is 3.70. The molecule has 2 aliphatic heterocycles. The smallest absolute Gasteiger partial charge is 0.418 e. The minimum absolute atomic E-state index is 0.0258. The standard InChI is InChI=1S/C25H28N12O8S2/c1-25(2)20(23(39)37(25)45-47(40,41)42)31-22(38)19(16-11-46-24(26)30-16)34-44-17(21-32-35-36-33-21)10-43-14-4-5-15-12(7-14)3-6-18(29-15)28-13-8-27-9-13/h3-7,11,13,17,20,27H,8-10H2,1-2H3,(H2,26,30)(H,28,29)(H,31,38)(H,40,41,42)(H,32,33,35,36)/b34-19-/t17-,20?/m1/s1. The molecule has 1 unspecified atom stereocenters. The van der Waals surface area contributed by atoms with Crippen LogP contribution in [0.15, 0.2) is 40.9 Å². The number of hydrogen-bond donors (Lipinski definition) is 6. The Hall–Kier alpha value is -5.03. The van der Waals surface area contributed by atoms with Crippen LogP contribution in [-0.4, -0.2) is 103 Å². The molecule has 20 nitrogen and oxygen atoms in total. The fourth-order valence-electron chi connectivity index (χ4n) is 4.64. The van der Waals surface area contributed by atoms with Crippen LogP contribution in [0.5, 0.6) is 5.75 Å². The van der Waals surface area contributed by atoms with Gasteiger partial charge in [-0.25, -0.2) is 9.97 Å². The van der Waals surface area contributed by atoms with Crippen LogP contribution in [-0.2, 0) is 29.1 Å². The van der Waals surface area contributed by atoms with Crippen LogP contribution in [0.2, 0.25) is 0 Å². The minimum Gasteiger partial charge on any atom is -0.489 e. The topological polar surface area (TPSA) is 274 Å². The zero-order valence-electron chi connectivity index (χ0n) is 24.6. The molecule has 0 bridgehead atoms. The van der Waals surface area contributed by atoms with Crippen molar-refractivity contribution in [2.45, 2.75) is 37.6 Å². The zero-order valence-corrected chi connectivity index (χ0v) is 26.3. The van der Waals surface area contributed by atoms with Crippen molar-refractivity contribution in [2.24, 2.45) is 5.16 Å². The third-order valence-electron chi connectivity index (χ3n) is 7.22. The lowest BCUT2D eigenvalue weighted by Crippen LogP contribution is -2.76. The van der Waals surface area contributed by atoms with E-state index in [0.29, 0.717) is 16.9 Å². The van der Waals surface area contributed by atoms with Gasteiger partial charge in [0.25, 0.3) is 11.8 Å². The fraction of sp³-hybridized carbons (Fsp3) is 0.360. The first-order valence-electron chi connectivity index (χ1n) is 13.9. The molecular formula is C25H28N12O8S2. The number of hydroxylamine groups is 2. The fourth-order valence-corrected chi connectivity index (χ4v) is 5.64. The van der Waals surface area contributed by atoms with E-state index < -0.39 is 39.9 Å². The Balaban J connectivity index is 1.18. The number of aromatic amines is 1. The predicted octanol–water partition coefficient (Wildman–Crippen LogP) is -0.449. The van der Waals surface area contributed by atoms with Gasteiger partial charge in [-0.05, 0) is 44.2 Å². The summed E-state index contributed by atoms with van der Waals surface area (Å²) in [6.07, 6.45) is -1.08. The lowest BCUT2D eigenvalue weighted by molar-refractivity contribution is -0.218. The van der Waals surface area contributed by atoms with E-state index in [4.69, 9.17) is 19.9 Å². The summed E-state index contributed by atoms with van der Waals surface area (Å²) in [5.41, 5.74) is 4.82. The van der Waals surface area contributed by atoms with Gasteiger partial charge in [-0.1, -0.05) is 10.4 Å². The van der Waals surface area contributed by atoms with Crippen molar-refractivity contribution in [3.63, 3.8) is 0 Å². The molecule has 1 aromatic carbocycles. The number of amides is 2. The molecule has 4 aromatic rings. The highest BCUT2D eigenvalue weighted by Crippen LogP contribution is 2.33. The molecule has 0 radical (unpaired) electrons. The maximum atomic E-state index is 13.4. The molecule has 2 fully saturated rings. The maximum Gasteiger partial charge on any atom is 0.418 e. The van der Waals surface area contributed by atoms with E-state index >= 15 is 0 Å². The second-order valence-electron chi connectivity index (χ2n) is 10.9. The number of pyridine rings is 1. The molecule has 2 saturated heterocycles. The predicted molar refractivity (Wildman–Crippen MR) is 164 cm³/mol. The van der Waals surface area contributed by atoms with Crippen LogP contribution in [0.1, 0.15) is 31.5 Å². The molecule has 2 amide bonds. The Morgan fingerprint density at radius 3 is 2.72 bits per heavy atom. The molecule has 47 heavy (non-hydrogen) atoms. The molecule has 2 aliphatic rings. The number of nitrogens with one attached hydrogen (secondary N) is 4. The number of hydrogen-bond acceptors (Lipinski definition) is 17. The number of nitrogens with two attached hydrogens (primary N) is 1. The number of H-pyrrole nitrogens is 1. The number of nitrogen functional groups attached to an aromatic ring is 1. The Morgan fingerprint density at radius 1 is 1.28 bits per heavy atom. The number of ether oxygens (including phenoxy) is 1. The highest BCUT2D eigenvalue weighted by Gasteiger charge is 2.58. The Labute approximate surface area is 270 Å². The molecule has 0 saturated carbocycles. The molecule has 6 rings (SSSR count). The third kappa shape index (κ3) is 7.05. The number of aromatic nitrogens is 6. The lowest BCUT2D eigenvalue weighted by atomic mass is 9.84. The van der Waals surface area contributed by atoms with Crippen LogP contribution >= 0.6 is 11.3 Å². The largest absolute Gasteiger partial charge is 0.489 e. The van der Waals surface area contributed by atoms with Gasteiger partial charge in [-0.15, -0.1) is 25.8 Å². The van der Waals surface area contributed by atoms with Crippen LogP contribution in [0.4, 0.5) is 10.9 Å². The van der Waals surface area contributed by atoms with Crippen molar-refractivity contribution in [3.8, 4) is 5.75 Å². The monoisotopic (exact) mass is 688 g/mol. The van der Waals surface area contributed by atoms with E-state index in [0.717, 1.165) is 41.1 Å². The highest BCUT2D eigenvalue weighted by molar-refractivity contribution is 7.80. The summed E-state index contributed by atoms with van der Waals surface area (Å²) in [5, 5.41) is 29.7. The summed E-state index contributed by atoms with van der Waals surface area (Å²) in [6, 6.07) is 8.25. The summed E-state index contributed by atoms with van der Waals surface area (Å²) in [4.78, 5) is 40.5. The van der Waals surface area contributed by atoms with Gasteiger partial charge >= 0.3 is 10.4 Å². The van der Waals surface area contributed by atoms with Crippen molar-refractivity contribution in [1.82, 2.24) is 46.3 Å². The van der Waals surface area contributed by atoms with Crippen molar-refractivity contribution in [3.05, 3.63) is 47.2 Å². The third-order valence-corrected chi connectivity index (χ3v) is 8.23. The first kappa shape index (κ1) is 31.9. The van der Waals surface area contributed by atoms with E-state index in [2.05, 4.69) is 56.0 Å². The Morgan fingerprint density at radius 2 is 2.09 bits per heavy atom. The quantitative estimate of drug-likeness (QED) is 0.0449. The van der Waals surface area contributed by atoms with Gasteiger partial charge in [0, 0.05) is 23.9 Å². The highest BCUT2D eigenvalue weighted by atomic mass is 32.3. The number of carbonyl (C=O) groups is 2. The number of β-lactam (4-membered cyclic amide) rings is 1. The van der Waals surface area contributed by atoms with Gasteiger partial charge in [0.05, 0.1) is 17.1 Å². The molecule has 7 N–H and O–H groups in total. The number of tetrazole rings is 1. The van der Waals surface area contributed by atoms with Gasteiger partial charge in [-0.2, -0.15) is 18.7 Å². The number of anilines is 2. The van der Waals surface area contributed by atoms with Crippen LogP contribution in [0.3, 0.4) is 0 Å². The zero-order chi connectivity index (χ0) is 33.3. The molecular weight excluding hydrogens is 660 g/mol. The lowest BCUT2D eigenvalue weighted by Gasteiger charge is -2.50. The van der Waals surface area contributed by atoms with Crippen molar-refractivity contribution < 1.29 is 36.4 Å². The van der Waals surface area contributed by atoms with E-state index in [1.807, 2.05) is 18.2 Å². The van der Waals surface area contributed by atoms with Crippen LogP contribution < -0.4 is 26.4 Å². The number of nitrogens with zero attached hydrogens (tertiary/aromatic N) is 7. The number of oxime groups is 1. The van der Waals surface area contributed by atoms with Gasteiger partial charge in [0.1, 0.15) is 29.9 Å². The van der Waals surface area contributed by atoms with Gasteiger partial charge in [-0.3, -0.25) is 14.1 Å². The number of thiazole rings is 1. The summed E-state index contributed by atoms with van der Waals surface area (Å²) in [7, 11) is -4.99. The van der Waals surface area contributed by atoms with E-state index in [1.165, 1.54) is 19.2 Å². The molecule has 2 atom stereocenters. The molecule has 22 heteroatoms. The van der Waals surface area contributed by atoms with Gasteiger partial charge < -0.3 is 31.3 Å². The second kappa shape index (κ2) is 12.6. The summed E-state index contributed by atoms with van der Waals surface area (Å²) in [5.74, 6) is -0.534. The molecule has 0 spiro atoms. The van der Waals surface area contributed by atoms with E-state index in [-0.39, 0.29) is 29.0 Å². The number of rotatable bonds is 13. The minimum atomic E-state index is -4.99. The van der Waals surface area contributed by atoms with E-state index in [9.17, 15) is 18.0 Å². The summed E-state index contributed by atoms with van der Waals surface area (Å²) in [6.45, 7) is 4.43. The Bertz CT molecular complexity index is 1930. The van der Waals surface area contributed by atoms with Crippen LogP contribution in [0.25, 0.3) is 10.9 Å². The number of carbonyl (C=O) groups excluding carboxylic acids is 2. The summed E-state index contributed by atoms with van der Waals surface area (Å²) < 4.78 is 41.6. The molecule has 248 valence electrons. The van der Waals surface area contributed by atoms with Gasteiger partial charge in [0.15, 0.2) is 10.8 Å². The average molecular weight is 689 g/mol. The molecule has 5 heterocycles. The van der Waals surface area contributed by atoms with Crippen molar-refractivity contribution in [1.29, 1.82) is 0 Å². The SMILES string of the molecule is CC1(C)C(NC(=O)/C(=N\O[C@H](COc2ccc3nc(NC4CNC4)ccc3c2)c2nn[nH]n2)c2csc(N)n2)C(=O)N1OS(=O)(=O)O. The van der Waals surface area contributed by atoms with Crippen molar-refractivity contribution >= 4 is 61.1 Å². The maximum absolute atomic E-state index is 13.4.